The summed E-state index contributed by atoms with van der Waals surface area (Å²) in [5.74, 6) is -1.44. The first-order valence-electron chi connectivity index (χ1n) is 6.47. The average molecular weight is 277 g/mol. The number of β-amino-alcohol motifs (C(OH)–C–C–N with tert-alkyl or cyclic N) is 1. The minimum Gasteiger partial charge on any atom is -0.480 e. The SMILES string of the molecule is O=C(O)[C@@H]1CC(O)CN1C(=O)c1ccc2c(c1)COC2. The van der Waals surface area contributed by atoms with Gasteiger partial charge in [-0.05, 0) is 23.3 Å². The Morgan fingerprint density at radius 3 is 2.75 bits per heavy atom. The molecule has 0 aromatic heterocycles. The van der Waals surface area contributed by atoms with Crippen LogP contribution in [0.1, 0.15) is 27.9 Å². The minimum atomic E-state index is -1.08. The van der Waals surface area contributed by atoms with E-state index in [2.05, 4.69) is 0 Å². The largest absolute Gasteiger partial charge is 0.480 e. The molecule has 6 heteroatoms. The summed E-state index contributed by atoms with van der Waals surface area (Å²) in [7, 11) is 0. The molecule has 2 heterocycles. The van der Waals surface area contributed by atoms with E-state index in [0.717, 1.165) is 11.1 Å². The Hall–Kier alpha value is -1.92. The van der Waals surface area contributed by atoms with Crippen LogP contribution in [0.2, 0.25) is 0 Å². The first-order chi connectivity index (χ1) is 9.56. The van der Waals surface area contributed by atoms with Gasteiger partial charge in [0, 0.05) is 18.5 Å². The molecule has 2 N–H and O–H groups in total. The number of carboxylic acids is 1. The number of carbonyl (C=O) groups excluding carboxylic acids is 1. The molecule has 6 nitrogen and oxygen atoms in total. The van der Waals surface area contributed by atoms with Gasteiger partial charge in [-0.1, -0.05) is 6.07 Å². The number of amides is 1. The van der Waals surface area contributed by atoms with E-state index >= 15 is 0 Å². The quantitative estimate of drug-likeness (QED) is 0.816. The molecule has 2 atom stereocenters. The van der Waals surface area contributed by atoms with Gasteiger partial charge < -0.3 is 19.8 Å². The van der Waals surface area contributed by atoms with Crippen LogP contribution in [0.3, 0.4) is 0 Å². The average Bonchev–Trinajstić information content (AvgIpc) is 3.02. The zero-order valence-electron chi connectivity index (χ0n) is 10.8. The van der Waals surface area contributed by atoms with Crippen LogP contribution < -0.4 is 0 Å². The van der Waals surface area contributed by atoms with Gasteiger partial charge in [0.2, 0.25) is 0 Å². The Labute approximate surface area is 115 Å². The van der Waals surface area contributed by atoms with Gasteiger partial charge >= 0.3 is 5.97 Å². The molecular formula is C14H15NO5. The number of aliphatic hydroxyl groups is 1. The summed E-state index contributed by atoms with van der Waals surface area (Å²) < 4.78 is 5.29. The van der Waals surface area contributed by atoms with E-state index in [9.17, 15) is 14.7 Å². The lowest BCUT2D eigenvalue weighted by Gasteiger charge is -2.21. The van der Waals surface area contributed by atoms with E-state index < -0.39 is 18.1 Å². The van der Waals surface area contributed by atoms with E-state index in [4.69, 9.17) is 9.84 Å². The number of hydrogen-bond acceptors (Lipinski definition) is 4. The molecule has 0 radical (unpaired) electrons. The van der Waals surface area contributed by atoms with Crippen molar-refractivity contribution in [1.29, 1.82) is 0 Å². The maximum Gasteiger partial charge on any atom is 0.326 e. The molecule has 2 aliphatic rings. The topological polar surface area (TPSA) is 87.1 Å². The van der Waals surface area contributed by atoms with Crippen molar-refractivity contribution in [3.05, 3.63) is 34.9 Å². The van der Waals surface area contributed by atoms with Crippen molar-refractivity contribution in [2.45, 2.75) is 31.8 Å². The van der Waals surface area contributed by atoms with Gasteiger partial charge in [0.15, 0.2) is 0 Å². The van der Waals surface area contributed by atoms with Gasteiger partial charge in [-0.25, -0.2) is 4.79 Å². The van der Waals surface area contributed by atoms with Crippen molar-refractivity contribution in [2.24, 2.45) is 0 Å². The van der Waals surface area contributed by atoms with Crippen LogP contribution in [0, 0.1) is 0 Å². The van der Waals surface area contributed by atoms with Crippen LogP contribution in [-0.2, 0) is 22.7 Å². The maximum absolute atomic E-state index is 12.4. The van der Waals surface area contributed by atoms with E-state index in [-0.39, 0.29) is 18.9 Å². The highest BCUT2D eigenvalue weighted by molar-refractivity contribution is 5.97. The smallest absolute Gasteiger partial charge is 0.326 e. The zero-order valence-corrected chi connectivity index (χ0v) is 10.8. The standard InChI is InChI=1S/C14H15NO5/c16-11-4-12(14(18)19)15(5-11)13(17)8-1-2-9-6-20-7-10(9)3-8/h1-3,11-12,16H,4-7H2,(H,18,19)/t11?,12-/m0/s1. The summed E-state index contributed by atoms with van der Waals surface area (Å²) >= 11 is 0. The van der Waals surface area contributed by atoms with Crippen molar-refractivity contribution in [3.8, 4) is 0 Å². The van der Waals surface area contributed by atoms with Gasteiger partial charge in [-0.2, -0.15) is 0 Å². The zero-order chi connectivity index (χ0) is 14.3. The normalized spacial score (nSPS) is 24.8. The number of carbonyl (C=O) groups is 2. The second-order valence-corrected chi connectivity index (χ2v) is 5.18. The number of fused-ring (bicyclic) bond motifs is 1. The Kier molecular flexibility index (Phi) is 3.19. The summed E-state index contributed by atoms with van der Waals surface area (Å²) in [4.78, 5) is 24.8. The third-order valence-electron chi connectivity index (χ3n) is 3.79. The molecule has 0 saturated carbocycles. The van der Waals surface area contributed by atoms with Crippen molar-refractivity contribution >= 4 is 11.9 Å². The highest BCUT2D eigenvalue weighted by atomic mass is 16.5. The lowest BCUT2D eigenvalue weighted by Crippen LogP contribution is -2.40. The van der Waals surface area contributed by atoms with Gasteiger partial charge in [0.1, 0.15) is 6.04 Å². The van der Waals surface area contributed by atoms with Crippen LogP contribution in [-0.4, -0.2) is 45.7 Å². The van der Waals surface area contributed by atoms with E-state index in [1.54, 1.807) is 12.1 Å². The molecule has 3 rings (SSSR count). The van der Waals surface area contributed by atoms with Crippen LogP contribution in [0.5, 0.6) is 0 Å². The number of likely N-dealkylation sites (tertiary alicyclic amines) is 1. The Balaban J connectivity index is 1.86. The molecule has 1 fully saturated rings. The van der Waals surface area contributed by atoms with Gasteiger partial charge in [-0.15, -0.1) is 0 Å². The number of ether oxygens (including phenoxy) is 1. The van der Waals surface area contributed by atoms with Crippen LogP contribution in [0.25, 0.3) is 0 Å². The van der Waals surface area contributed by atoms with E-state index in [1.165, 1.54) is 4.90 Å². The minimum absolute atomic E-state index is 0.0589. The first-order valence-corrected chi connectivity index (χ1v) is 6.47. The summed E-state index contributed by atoms with van der Waals surface area (Å²) in [6, 6.07) is 4.30. The molecule has 0 aliphatic carbocycles. The summed E-state index contributed by atoms with van der Waals surface area (Å²) in [6.45, 7) is 1.08. The van der Waals surface area contributed by atoms with Crippen LogP contribution >= 0.6 is 0 Å². The van der Waals surface area contributed by atoms with E-state index in [0.29, 0.717) is 18.8 Å². The fraction of sp³-hybridized carbons (Fsp3) is 0.429. The summed E-state index contributed by atoms with van der Waals surface area (Å²) in [6.07, 6.45) is -0.701. The highest BCUT2D eigenvalue weighted by Gasteiger charge is 2.39. The number of hydrogen-bond donors (Lipinski definition) is 2. The van der Waals surface area contributed by atoms with Crippen molar-refractivity contribution in [2.75, 3.05) is 6.54 Å². The number of rotatable bonds is 2. The molecule has 1 unspecified atom stereocenters. The lowest BCUT2D eigenvalue weighted by molar-refractivity contribution is -0.141. The number of aliphatic hydroxyl groups excluding tert-OH is 1. The third-order valence-corrected chi connectivity index (χ3v) is 3.79. The number of nitrogens with zero attached hydrogens (tertiary/aromatic N) is 1. The third kappa shape index (κ3) is 2.17. The Morgan fingerprint density at radius 2 is 2.00 bits per heavy atom. The van der Waals surface area contributed by atoms with Gasteiger partial charge in [0.05, 0.1) is 19.3 Å². The van der Waals surface area contributed by atoms with Crippen LogP contribution in [0.4, 0.5) is 0 Å². The predicted molar refractivity (Wildman–Crippen MR) is 68.0 cm³/mol. The highest BCUT2D eigenvalue weighted by Crippen LogP contribution is 2.24. The number of carboxylic acid groups (broad SMARTS) is 1. The number of benzene rings is 1. The van der Waals surface area contributed by atoms with E-state index in [1.807, 2.05) is 6.07 Å². The molecule has 0 bridgehead atoms. The molecule has 1 aromatic rings. The number of aliphatic carboxylic acids is 1. The molecule has 1 aromatic carbocycles. The van der Waals surface area contributed by atoms with Crippen LogP contribution in [0.15, 0.2) is 18.2 Å². The first kappa shape index (κ1) is 13.1. The van der Waals surface area contributed by atoms with Crippen molar-refractivity contribution in [3.63, 3.8) is 0 Å². The second kappa shape index (κ2) is 4.88. The lowest BCUT2D eigenvalue weighted by atomic mass is 10.1. The van der Waals surface area contributed by atoms with Gasteiger partial charge in [0.25, 0.3) is 5.91 Å². The predicted octanol–water partition coefficient (Wildman–Crippen LogP) is 0.377. The fourth-order valence-electron chi connectivity index (χ4n) is 2.74. The van der Waals surface area contributed by atoms with Gasteiger partial charge in [-0.3, -0.25) is 4.79 Å². The molecule has 106 valence electrons. The van der Waals surface area contributed by atoms with Crippen molar-refractivity contribution in [1.82, 2.24) is 4.90 Å². The fourth-order valence-corrected chi connectivity index (χ4v) is 2.74. The summed E-state index contributed by atoms with van der Waals surface area (Å²) in [5, 5.41) is 18.7. The maximum atomic E-state index is 12.4. The Morgan fingerprint density at radius 1 is 1.25 bits per heavy atom. The molecule has 1 saturated heterocycles. The second-order valence-electron chi connectivity index (χ2n) is 5.18. The molecular weight excluding hydrogens is 262 g/mol. The molecule has 1 amide bonds. The summed E-state index contributed by atoms with van der Waals surface area (Å²) in [5.41, 5.74) is 2.45. The monoisotopic (exact) mass is 277 g/mol. The molecule has 20 heavy (non-hydrogen) atoms. The molecule has 2 aliphatic heterocycles. The Bertz CT molecular complexity index is 571. The van der Waals surface area contributed by atoms with Crippen molar-refractivity contribution < 1.29 is 24.5 Å². The molecule has 0 spiro atoms.